The first-order chi connectivity index (χ1) is 7.27. The van der Waals surface area contributed by atoms with Gasteiger partial charge in [0.15, 0.2) is 0 Å². The fourth-order valence-corrected chi connectivity index (χ4v) is 2.48. The van der Waals surface area contributed by atoms with E-state index in [2.05, 4.69) is 19.2 Å². The fourth-order valence-electron chi connectivity index (χ4n) is 2.48. The van der Waals surface area contributed by atoms with Crippen LogP contribution >= 0.6 is 0 Å². The van der Waals surface area contributed by atoms with Gasteiger partial charge >= 0.3 is 0 Å². The summed E-state index contributed by atoms with van der Waals surface area (Å²) in [5.41, 5.74) is 0. The van der Waals surface area contributed by atoms with E-state index in [4.69, 9.17) is 0 Å². The second-order valence-electron chi connectivity index (χ2n) is 4.87. The maximum Gasteiger partial charge on any atom is 0.116 e. The Morgan fingerprint density at radius 2 is 2.20 bits per heavy atom. The molecule has 0 aliphatic carbocycles. The van der Waals surface area contributed by atoms with Crippen molar-refractivity contribution < 1.29 is 4.39 Å². The van der Waals surface area contributed by atoms with E-state index in [1.165, 1.54) is 19.3 Å². The molecule has 1 nitrogen and oxygen atoms in total. The van der Waals surface area contributed by atoms with Gasteiger partial charge in [-0.15, -0.1) is 0 Å². The van der Waals surface area contributed by atoms with Gasteiger partial charge in [-0.3, -0.25) is 0 Å². The Morgan fingerprint density at radius 1 is 1.40 bits per heavy atom. The summed E-state index contributed by atoms with van der Waals surface area (Å²) in [4.78, 5) is 0. The first-order valence-electron chi connectivity index (χ1n) is 6.65. The minimum atomic E-state index is -0.616. The summed E-state index contributed by atoms with van der Waals surface area (Å²) in [7, 11) is 0. The molecule has 1 fully saturated rings. The van der Waals surface area contributed by atoms with Crippen LogP contribution in [0.25, 0.3) is 0 Å². The molecule has 2 heteroatoms. The predicted molar refractivity (Wildman–Crippen MR) is 63.8 cm³/mol. The minimum absolute atomic E-state index is 0.153. The van der Waals surface area contributed by atoms with Crippen LogP contribution in [0.15, 0.2) is 0 Å². The van der Waals surface area contributed by atoms with Gasteiger partial charge in [-0.1, -0.05) is 39.5 Å². The van der Waals surface area contributed by atoms with Crippen LogP contribution in [0.1, 0.15) is 58.8 Å². The van der Waals surface area contributed by atoms with Crippen molar-refractivity contribution in [1.29, 1.82) is 0 Å². The van der Waals surface area contributed by atoms with Crippen molar-refractivity contribution in [1.82, 2.24) is 5.32 Å². The molecular weight excluding hydrogens is 189 g/mol. The Kier molecular flexibility index (Phi) is 6.23. The molecule has 1 aliphatic rings. The first-order valence-corrected chi connectivity index (χ1v) is 6.65. The number of hydrogen-bond donors (Lipinski definition) is 1. The number of rotatable bonds is 7. The molecule has 0 amide bonds. The van der Waals surface area contributed by atoms with Crippen LogP contribution in [-0.4, -0.2) is 18.8 Å². The molecule has 3 atom stereocenters. The average Bonchev–Trinajstić information content (AvgIpc) is 2.77. The molecule has 0 bridgehead atoms. The highest BCUT2D eigenvalue weighted by atomic mass is 19.1. The lowest BCUT2D eigenvalue weighted by Gasteiger charge is -2.21. The molecule has 15 heavy (non-hydrogen) atoms. The van der Waals surface area contributed by atoms with Gasteiger partial charge in [-0.25, -0.2) is 4.39 Å². The number of hydrogen-bond acceptors (Lipinski definition) is 1. The van der Waals surface area contributed by atoms with Crippen LogP contribution in [0.5, 0.6) is 0 Å². The summed E-state index contributed by atoms with van der Waals surface area (Å²) in [5, 5.41) is 3.27. The summed E-state index contributed by atoms with van der Waals surface area (Å²) in [6.07, 6.45) is 7.16. The van der Waals surface area contributed by atoms with Crippen molar-refractivity contribution in [2.75, 3.05) is 6.54 Å². The summed E-state index contributed by atoms with van der Waals surface area (Å²) >= 11 is 0. The Morgan fingerprint density at radius 3 is 2.73 bits per heavy atom. The molecule has 1 rings (SSSR count). The fraction of sp³-hybridized carbons (Fsp3) is 1.00. The molecule has 90 valence electrons. The molecule has 1 heterocycles. The maximum absolute atomic E-state index is 13.9. The Balaban J connectivity index is 2.23. The first kappa shape index (κ1) is 13.0. The zero-order chi connectivity index (χ0) is 11.1. The van der Waals surface area contributed by atoms with Crippen molar-refractivity contribution in [3.63, 3.8) is 0 Å². The Labute approximate surface area is 93.8 Å². The van der Waals surface area contributed by atoms with Crippen molar-refractivity contribution in [3.05, 3.63) is 0 Å². The van der Waals surface area contributed by atoms with Crippen molar-refractivity contribution in [3.8, 4) is 0 Å². The second-order valence-corrected chi connectivity index (χ2v) is 4.87. The molecule has 0 spiro atoms. The van der Waals surface area contributed by atoms with E-state index in [0.717, 1.165) is 32.2 Å². The standard InChI is InChI=1S/C13H26FN/c1-3-5-7-11(4-2)10-12(14)13-8-6-9-15-13/h11-13,15H,3-10H2,1-2H3. The van der Waals surface area contributed by atoms with Gasteiger partial charge in [0, 0.05) is 6.04 Å². The predicted octanol–water partition coefficient (Wildman–Crippen LogP) is 3.68. The van der Waals surface area contributed by atoms with Gasteiger partial charge in [-0.05, 0) is 31.7 Å². The number of halogens is 1. The quantitative estimate of drug-likeness (QED) is 0.683. The molecule has 1 N–H and O–H groups in total. The smallest absolute Gasteiger partial charge is 0.116 e. The Hall–Kier alpha value is -0.110. The van der Waals surface area contributed by atoms with E-state index >= 15 is 0 Å². The molecule has 0 saturated carbocycles. The molecular formula is C13H26FN. The maximum atomic E-state index is 13.9. The minimum Gasteiger partial charge on any atom is -0.311 e. The van der Waals surface area contributed by atoms with Crippen molar-refractivity contribution in [2.45, 2.75) is 71.0 Å². The normalized spacial score (nSPS) is 25.4. The lowest BCUT2D eigenvalue weighted by atomic mass is 9.91. The molecule has 0 aromatic heterocycles. The molecule has 0 aromatic rings. The van der Waals surface area contributed by atoms with Crippen LogP contribution in [0.3, 0.4) is 0 Å². The van der Waals surface area contributed by atoms with Gasteiger partial charge in [0.25, 0.3) is 0 Å². The summed E-state index contributed by atoms with van der Waals surface area (Å²) in [6.45, 7) is 5.41. The van der Waals surface area contributed by atoms with E-state index in [1.807, 2.05) is 0 Å². The average molecular weight is 215 g/mol. The third-order valence-corrected chi connectivity index (χ3v) is 3.64. The zero-order valence-corrected chi connectivity index (χ0v) is 10.3. The van der Waals surface area contributed by atoms with E-state index < -0.39 is 6.17 Å². The van der Waals surface area contributed by atoms with E-state index in [-0.39, 0.29) is 6.04 Å². The number of nitrogens with one attached hydrogen (secondary N) is 1. The lowest BCUT2D eigenvalue weighted by molar-refractivity contribution is 0.207. The van der Waals surface area contributed by atoms with Gasteiger partial charge in [-0.2, -0.15) is 0 Å². The van der Waals surface area contributed by atoms with Crippen LogP contribution in [-0.2, 0) is 0 Å². The van der Waals surface area contributed by atoms with Gasteiger partial charge in [0.2, 0.25) is 0 Å². The highest BCUT2D eigenvalue weighted by Gasteiger charge is 2.26. The van der Waals surface area contributed by atoms with Crippen LogP contribution in [0.2, 0.25) is 0 Å². The van der Waals surface area contributed by atoms with Crippen molar-refractivity contribution >= 4 is 0 Å². The number of alkyl halides is 1. The van der Waals surface area contributed by atoms with E-state index in [9.17, 15) is 4.39 Å². The zero-order valence-electron chi connectivity index (χ0n) is 10.3. The summed E-state index contributed by atoms with van der Waals surface area (Å²) in [5.74, 6) is 0.599. The molecule has 1 aliphatic heterocycles. The highest BCUT2D eigenvalue weighted by molar-refractivity contribution is 4.82. The summed E-state index contributed by atoms with van der Waals surface area (Å²) in [6, 6.07) is 0.153. The highest BCUT2D eigenvalue weighted by Crippen LogP contribution is 2.24. The SMILES string of the molecule is CCCCC(CC)CC(F)C1CCCN1. The monoisotopic (exact) mass is 215 g/mol. The Bertz CT molecular complexity index is 155. The number of unbranched alkanes of at least 4 members (excludes halogenated alkanes) is 1. The molecule has 1 saturated heterocycles. The summed E-state index contributed by atoms with van der Waals surface area (Å²) < 4.78 is 13.9. The van der Waals surface area contributed by atoms with Crippen LogP contribution in [0.4, 0.5) is 4.39 Å². The topological polar surface area (TPSA) is 12.0 Å². The van der Waals surface area contributed by atoms with E-state index in [0.29, 0.717) is 5.92 Å². The second kappa shape index (κ2) is 7.21. The molecule has 0 aromatic carbocycles. The molecule has 3 unspecified atom stereocenters. The molecule has 0 radical (unpaired) electrons. The van der Waals surface area contributed by atoms with Gasteiger partial charge in [0.05, 0.1) is 0 Å². The van der Waals surface area contributed by atoms with E-state index in [1.54, 1.807) is 0 Å². The largest absolute Gasteiger partial charge is 0.311 e. The van der Waals surface area contributed by atoms with Gasteiger partial charge in [0.1, 0.15) is 6.17 Å². The third-order valence-electron chi connectivity index (χ3n) is 3.64. The third kappa shape index (κ3) is 4.50. The van der Waals surface area contributed by atoms with Crippen molar-refractivity contribution in [2.24, 2.45) is 5.92 Å². The van der Waals surface area contributed by atoms with Crippen LogP contribution < -0.4 is 5.32 Å². The lowest BCUT2D eigenvalue weighted by Crippen LogP contribution is -2.33. The van der Waals surface area contributed by atoms with Gasteiger partial charge < -0.3 is 5.32 Å². The van der Waals surface area contributed by atoms with Crippen LogP contribution in [0, 0.1) is 5.92 Å².